The summed E-state index contributed by atoms with van der Waals surface area (Å²) in [5.74, 6) is 0.385. The van der Waals surface area contributed by atoms with Crippen LogP contribution in [0.25, 0.3) is 0 Å². The first kappa shape index (κ1) is 22.0. The van der Waals surface area contributed by atoms with Crippen LogP contribution in [0.1, 0.15) is 27.7 Å². The van der Waals surface area contributed by atoms with Gasteiger partial charge in [-0.1, -0.05) is 37.0 Å². The van der Waals surface area contributed by atoms with Crippen molar-refractivity contribution in [3.63, 3.8) is 0 Å². The molecule has 0 fully saturated rings. The molecule has 0 aliphatic rings. The van der Waals surface area contributed by atoms with Crippen LogP contribution >= 0.6 is 23.2 Å². The maximum absolute atomic E-state index is 12.0. The molecule has 25 heavy (non-hydrogen) atoms. The van der Waals surface area contributed by atoms with Gasteiger partial charge in [0.25, 0.3) is 0 Å². The number of carbonyl (C=O) groups excluding carboxylic acids is 1. The summed E-state index contributed by atoms with van der Waals surface area (Å²) in [7, 11) is 0. The number of benzene rings is 1. The van der Waals surface area contributed by atoms with Crippen LogP contribution in [0.4, 0.5) is 0 Å². The fraction of sp³-hybridized carbons (Fsp3) is 0.611. The minimum absolute atomic E-state index is 0.297. The number of rotatable bonds is 11. The van der Waals surface area contributed by atoms with E-state index in [9.17, 15) is 4.79 Å². The molecule has 0 bridgehead atoms. The van der Waals surface area contributed by atoms with Gasteiger partial charge in [0, 0.05) is 11.6 Å². The van der Waals surface area contributed by atoms with E-state index in [1.807, 2.05) is 0 Å². The minimum Gasteiger partial charge on any atom is -0.477 e. The highest BCUT2D eigenvalue weighted by Gasteiger charge is 2.20. The monoisotopic (exact) mass is 392 g/mol. The van der Waals surface area contributed by atoms with Crippen LogP contribution in [0.5, 0.6) is 5.75 Å². The van der Waals surface area contributed by atoms with Crippen LogP contribution in [0.2, 0.25) is 10.0 Å². The summed E-state index contributed by atoms with van der Waals surface area (Å²) in [4.78, 5) is 12.0. The number of halogens is 2. The second-order valence-corrected chi connectivity index (χ2v) is 6.97. The van der Waals surface area contributed by atoms with Crippen LogP contribution in [0.15, 0.2) is 18.2 Å². The normalized spacial score (nSPS) is 13.6. The van der Waals surface area contributed by atoms with Crippen LogP contribution < -0.4 is 4.74 Å². The lowest BCUT2D eigenvalue weighted by molar-refractivity contribution is -0.158. The Morgan fingerprint density at radius 2 is 1.68 bits per heavy atom. The second kappa shape index (κ2) is 11.6. The van der Waals surface area contributed by atoms with Crippen molar-refractivity contribution in [1.29, 1.82) is 0 Å². The predicted molar refractivity (Wildman–Crippen MR) is 98.6 cm³/mol. The van der Waals surface area contributed by atoms with Gasteiger partial charge in [0.05, 0.1) is 24.8 Å². The molecule has 0 aliphatic carbocycles. The molecular formula is C18H26Cl2O5. The molecule has 0 N–H and O–H groups in total. The van der Waals surface area contributed by atoms with Crippen molar-refractivity contribution in [2.24, 2.45) is 5.92 Å². The van der Waals surface area contributed by atoms with Gasteiger partial charge in [-0.05, 0) is 38.0 Å². The summed E-state index contributed by atoms with van der Waals surface area (Å²) in [5.41, 5.74) is 0. The van der Waals surface area contributed by atoms with Gasteiger partial charge in [-0.3, -0.25) is 0 Å². The van der Waals surface area contributed by atoms with E-state index >= 15 is 0 Å². The summed E-state index contributed by atoms with van der Waals surface area (Å²) < 4.78 is 21.6. The van der Waals surface area contributed by atoms with Crippen molar-refractivity contribution >= 4 is 29.2 Å². The first-order valence-corrected chi connectivity index (χ1v) is 9.02. The quantitative estimate of drug-likeness (QED) is 0.413. The Morgan fingerprint density at radius 3 is 2.28 bits per heavy atom. The van der Waals surface area contributed by atoms with Crippen molar-refractivity contribution in [3.8, 4) is 5.75 Å². The lowest BCUT2D eigenvalue weighted by Gasteiger charge is -2.18. The first-order valence-electron chi connectivity index (χ1n) is 8.27. The van der Waals surface area contributed by atoms with Crippen molar-refractivity contribution in [2.45, 2.75) is 39.9 Å². The Balaban J connectivity index is 2.27. The Labute approximate surface area is 159 Å². The molecule has 142 valence electrons. The van der Waals surface area contributed by atoms with E-state index in [-0.39, 0.29) is 6.10 Å². The topological polar surface area (TPSA) is 54.0 Å². The molecule has 0 aliphatic heterocycles. The second-order valence-electron chi connectivity index (χ2n) is 6.13. The van der Waals surface area contributed by atoms with Crippen LogP contribution in [-0.2, 0) is 19.0 Å². The van der Waals surface area contributed by atoms with Crippen molar-refractivity contribution < 1.29 is 23.7 Å². The molecule has 0 amide bonds. The molecule has 1 aromatic carbocycles. The highest BCUT2D eigenvalue weighted by molar-refractivity contribution is 6.35. The molecule has 0 radical (unpaired) electrons. The number of hydrogen-bond acceptors (Lipinski definition) is 5. The average Bonchev–Trinajstić information content (AvgIpc) is 2.52. The minimum atomic E-state index is -0.796. The standard InChI is InChI=1S/C18H26Cl2O5/c1-12(2)10-22-7-8-23-11-13(3)24-18(21)14(4)25-17-6-5-15(19)9-16(17)20/h5-6,9,12-14H,7-8,10-11H2,1-4H3. The van der Waals surface area contributed by atoms with E-state index in [4.69, 9.17) is 42.1 Å². The summed E-state index contributed by atoms with van der Waals surface area (Å²) in [6, 6.07) is 4.80. The highest BCUT2D eigenvalue weighted by atomic mass is 35.5. The van der Waals surface area contributed by atoms with E-state index in [0.717, 1.165) is 0 Å². The lowest BCUT2D eigenvalue weighted by Crippen LogP contribution is -2.31. The summed E-state index contributed by atoms with van der Waals surface area (Å²) in [6.07, 6.45) is -1.18. The molecular weight excluding hydrogens is 367 g/mol. The number of esters is 1. The maximum Gasteiger partial charge on any atom is 0.347 e. The Bertz CT molecular complexity index is 536. The molecule has 5 nitrogen and oxygen atoms in total. The zero-order chi connectivity index (χ0) is 18.8. The van der Waals surface area contributed by atoms with Gasteiger partial charge < -0.3 is 18.9 Å². The van der Waals surface area contributed by atoms with Crippen molar-refractivity contribution in [3.05, 3.63) is 28.2 Å². The fourth-order valence-electron chi connectivity index (χ4n) is 1.82. The zero-order valence-corrected chi connectivity index (χ0v) is 16.6. The van der Waals surface area contributed by atoms with E-state index < -0.39 is 12.1 Å². The molecule has 1 rings (SSSR count). The molecule has 0 spiro atoms. The Kier molecular flexibility index (Phi) is 10.2. The van der Waals surface area contributed by atoms with Crippen LogP contribution in [0.3, 0.4) is 0 Å². The van der Waals surface area contributed by atoms with Gasteiger partial charge in [-0.2, -0.15) is 0 Å². The van der Waals surface area contributed by atoms with Gasteiger partial charge in [0.1, 0.15) is 11.9 Å². The zero-order valence-electron chi connectivity index (χ0n) is 15.1. The largest absolute Gasteiger partial charge is 0.477 e. The van der Waals surface area contributed by atoms with E-state index in [1.54, 1.807) is 32.0 Å². The molecule has 0 saturated carbocycles. The Morgan fingerprint density at radius 1 is 1.04 bits per heavy atom. The van der Waals surface area contributed by atoms with Gasteiger partial charge in [-0.15, -0.1) is 0 Å². The predicted octanol–water partition coefficient (Wildman–Crippen LogP) is 4.38. The summed E-state index contributed by atoms with van der Waals surface area (Å²) >= 11 is 11.8. The summed E-state index contributed by atoms with van der Waals surface area (Å²) in [6.45, 7) is 9.51. The SMILES string of the molecule is CC(C)COCCOCC(C)OC(=O)C(C)Oc1ccc(Cl)cc1Cl. The molecule has 2 atom stereocenters. The average molecular weight is 393 g/mol. The molecule has 7 heteroatoms. The van der Waals surface area contributed by atoms with Crippen molar-refractivity contribution in [2.75, 3.05) is 26.4 Å². The van der Waals surface area contributed by atoms with Gasteiger partial charge in [0.15, 0.2) is 6.10 Å². The molecule has 0 saturated heterocycles. The first-order chi connectivity index (χ1) is 11.8. The fourth-order valence-corrected chi connectivity index (χ4v) is 2.28. The maximum atomic E-state index is 12.0. The lowest BCUT2D eigenvalue weighted by atomic mass is 10.2. The third-order valence-electron chi connectivity index (χ3n) is 3.02. The number of hydrogen-bond donors (Lipinski definition) is 0. The van der Waals surface area contributed by atoms with Gasteiger partial charge in [-0.25, -0.2) is 4.79 Å². The highest BCUT2D eigenvalue weighted by Crippen LogP contribution is 2.28. The Hall–Kier alpha value is -1.01. The smallest absolute Gasteiger partial charge is 0.347 e. The van der Waals surface area contributed by atoms with E-state index in [2.05, 4.69) is 13.8 Å². The molecule has 0 aromatic heterocycles. The van der Waals surface area contributed by atoms with Gasteiger partial charge in [0.2, 0.25) is 0 Å². The number of ether oxygens (including phenoxy) is 4. The van der Waals surface area contributed by atoms with Gasteiger partial charge >= 0.3 is 5.97 Å². The van der Waals surface area contributed by atoms with E-state index in [0.29, 0.717) is 48.1 Å². The van der Waals surface area contributed by atoms with E-state index in [1.165, 1.54) is 0 Å². The van der Waals surface area contributed by atoms with Crippen molar-refractivity contribution in [1.82, 2.24) is 0 Å². The third-order valence-corrected chi connectivity index (χ3v) is 3.55. The third kappa shape index (κ3) is 9.31. The summed E-state index contributed by atoms with van der Waals surface area (Å²) in [5, 5.41) is 0.834. The number of carbonyl (C=O) groups is 1. The molecule has 0 heterocycles. The van der Waals surface area contributed by atoms with Crippen LogP contribution in [0, 0.1) is 5.92 Å². The molecule has 2 unspecified atom stereocenters. The van der Waals surface area contributed by atoms with Crippen LogP contribution in [-0.4, -0.2) is 44.6 Å². The molecule has 1 aromatic rings.